The molecular formula is C16H21ClN2O3S2. The van der Waals surface area contributed by atoms with Crippen molar-refractivity contribution >= 4 is 46.9 Å². The Morgan fingerprint density at radius 2 is 1.88 bits per heavy atom. The summed E-state index contributed by atoms with van der Waals surface area (Å²) < 4.78 is 5.21. The Bertz CT molecular complexity index is 537. The van der Waals surface area contributed by atoms with E-state index in [9.17, 15) is 9.59 Å². The molecule has 0 radical (unpaired) electrons. The summed E-state index contributed by atoms with van der Waals surface area (Å²) in [6, 6.07) is 7.62. The molecular weight excluding hydrogens is 368 g/mol. The fourth-order valence-corrected chi connectivity index (χ4v) is 3.72. The van der Waals surface area contributed by atoms with Crippen LogP contribution < -0.4 is 5.32 Å². The van der Waals surface area contributed by atoms with Gasteiger partial charge in [0.15, 0.2) is 0 Å². The van der Waals surface area contributed by atoms with E-state index in [0.29, 0.717) is 44.4 Å². The van der Waals surface area contributed by atoms with Crippen molar-refractivity contribution in [3.63, 3.8) is 0 Å². The number of benzene rings is 1. The first kappa shape index (κ1) is 19.4. The van der Waals surface area contributed by atoms with E-state index < -0.39 is 0 Å². The van der Waals surface area contributed by atoms with Crippen LogP contribution in [0.2, 0.25) is 5.02 Å². The number of thioether (sulfide) groups is 2. The molecule has 0 saturated carbocycles. The summed E-state index contributed by atoms with van der Waals surface area (Å²) in [5.74, 6) is 1.49. The van der Waals surface area contributed by atoms with Gasteiger partial charge in [-0.1, -0.05) is 11.6 Å². The van der Waals surface area contributed by atoms with Gasteiger partial charge in [-0.05, 0) is 24.3 Å². The van der Waals surface area contributed by atoms with E-state index in [-0.39, 0.29) is 11.8 Å². The van der Waals surface area contributed by atoms with Crippen LogP contribution in [0.25, 0.3) is 0 Å². The van der Waals surface area contributed by atoms with E-state index in [2.05, 4.69) is 5.32 Å². The molecule has 0 spiro atoms. The molecule has 1 aromatic carbocycles. The van der Waals surface area contributed by atoms with E-state index in [1.54, 1.807) is 16.7 Å². The van der Waals surface area contributed by atoms with Gasteiger partial charge < -0.3 is 15.0 Å². The fraction of sp³-hybridized carbons (Fsp3) is 0.500. The Balaban J connectivity index is 1.51. The highest BCUT2D eigenvalue weighted by atomic mass is 35.5. The first-order chi connectivity index (χ1) is 11.6. The van der Waals surface area contributed by atoms with Gasteiger partial charge in [-0.25, -0.2) is 0 Å². The largest absolute Gasteiger partial charge is 0.378 e. The van der Waals surface area contributed by atoms with Crippen LogP contribution in [0.1, 0.15) is 0 Å². The van der Waals surface area contributed by atoms with Crippen molar-refractivity contribution in [1.82, 2.24) is 10.2 Å². The maximum absolute atomic E-state index is 11.9. The van der Waals surface area contributed by atoms with Gasteiger partial charge >= 0.3 is 0 Å². The smallest absolute Gasteiger partial charge is 0.232 e. The number of amides is 2. The second-order valence-electron chi connectivity index (χ2n) is 5.14. The average Bonchev–Trinajstić information content (AvgIpc) is 2.61. The third kappa shape index (κ3) is 7.34. The van der Waals surface area contributed by atoms with Gasteiger partial charge in [0.05, 0.1) is 24.7 Å². The maximum Gasteiger partial charge on any atom is 0.232 e. The Kier molecular flexibility index (Phi) is 8.80. The number of morpholine rings is 1. The molecule has 2 amide bonds. The van der Waals surface area contributed by atoms with Crippen molar-refractivity contribution in [1.29, 1.82) is 0 Å². The summed E-state index contributed by atoms with van der Waals surface area (Å²) in [5, 5.41) is 3.58. The molecule has 1 aliphatic heterocycles. The standard InChI is InChI=1S/C16H21ClN2O3S2/c17-13-1-3-14(4-2-13)24-10-5-18-15(20)11-23-12-16(21)19-6-8-22-9-7-19/h1-4H,5-12H2,(H,18,20). The number of rotatable bonds is 8. The van der Waals surface area contributed by atoms with E-state index in [0.717, 1.165) is 15.7 Å². The molecule has 1 N–H and O–H groups in total. The van der Waals surface area contributed by atoms with Crippen molar-refractivity contribution in [2.75, 3.05) is 50.1 Å². The molecule has 0 unspecified atom stereocenters. The van der Waals surface area contributed by atoms with Crippen LogP contribution in [0.3, 0.4) is 0 Å². The third-order valence-corrected chi connectivity index (χ3v) is 5.51. The van der Waals surface area contributed by atoms with Gasteiger partial charge in [-0.2, -0.15) is 0 Å². The monoisotopic (exact) mass is 388 g/mol. The molecule has 1 aliphatic rings. The molecule has 24 heavy (non-hydrogen) atoms. The predicted molar refractivity (Wildman–Crippen MR) is 99.9 cm³/mol. The predicted octanol–water partition coefficient (Wildman–Crippen LogP) is 2.14. The third-order valence-electron chi connectivity index (χ3n) is 3.33. The number of nitrogens with one attached hydrogen (secondary N) is 1. The van der Waals surface area contributed by atoms with Gasteiger partial charge in [0.25, 0.3) is 0 Å². The number of carbonyl (C=O) groups excluding carboxylic acids is 2. The highest BCUT2D eigenvalue weighted by Crippen LogP contribution is 2.19. The molecule has 0 atom stereocenters. The molecule has 1 fully saturated rings. The fourth-order valence-electron chi connectivity index (χ4n) is 2.08. The van der Waals surface area contributed by atoms with Crippen LogP contribution in [0.5, 0.6) is 0 Å². The summed E-state index contributed by atoms with van der Waals surface area (Å²) in [5.41, 5.74) is 0. The number of nitrogens with zero attached hydrogens (tertiary/aromatic N) is 1. The number of halogens is 1. The lowest BCUT2D eigenvalue weighted by molar-refractivity contribution is -0.132. The lowest BCUT2D eigenvalue weighted by Crippen LogP contribution is -2.41. The molecule has 132 valence electrons. The summed E-state index contributed by atoms with van der Waals surface area (Å²) in [6.45, 7) is 3.09. The number of hydrogen-bond acceptors (Lipinski definition) is 5. The lowest BCUT2D eigenvalue weighted by Gasteiger charge is -2.26. The van der Waals surface area contributed by atoms with E-state index in [4.69, 9.17) is 16.3 Å². The number of ether oxygens (including phenoxy) is 1. The van der Waals surface area contributed by atoms with Gasteiger partial charge in [0.2, 0.25) is 11.8 Å². The summed E-state index contributed by atoms with van der Waals surface area (Å²) in [6.07, 6.45) is 0. The van der Waals surface area contributed by atoms with Crippen molar-refractivity contribution in [3.8, 4) is 0 Å². The van der Waals surface area contributed by atoms with Gasteiger partial charge in [0, 0.05) is 35.3 Å². The molecule has 1 aromatic rings. The van der Waals surface area contributed by atoms with E-state index in [1.165, 1.54) is 11.8 Å². The summed E-state index contributed by atoms with van der Waals surface area (Å²) in [7, 11) is 0. The van der Waals surface area contributed by atoms with Gasteiger partial charge in [-0.3, -0.25) is 9.59 Å². The van der Waals surface area contributed by atoms with Crippen molar-refractivity contribution < 1.29 is 14.3 Å². The topological polar surface area (TPSA) is 58.6 Å². The van der Waals surface area contributed by atoms with Crippen molar-refractivity contribution in [2.45, 2.75) is 4.90 Å². The Labute approximate surface area is 155 Å². The summed E-state index contributed by atoms with van der Waals surface area (Å²) in [4.78, 5) is 26.6. The van der Waals surface area contributed by atoms with Crippen molar-refractivity contribution in [2.24, 2.45) is 0 Å². The minimum atomic E-state index is -0.0357. The van der Waals surface area contributed by atoms with Gasteiger partial charge in [0.1, 0.15) is 0 Å². The van der Waals surface area contributed by atoms with E-state index in [1.807, 2.05) is 24.3 Å². The number of carbonyl (C=O) groups is 2. The van der Waals surface area contributed by atoms with Gasteiger partial charge in [-0.15, -0.1) is 23.5 Å². The molecule has 1 saturated heterocycles. The first-order valence-electron chi connectivity index (χ1n) is 7.73. The second kappa shape index (κ2) is 10.9. The van der Waals surface area contributed by atoms with Crippen LogP contribution in [0.15, 0.2) is 29.2 Å². The molecule has 1 heterocycles. The SMILES string of the molecule is O=C(CSCC(=O)N1CCOCC1)NCCSc1ccc(Cl)cc1. The molecule has 5 nitrogen and oxygen atoms in total. The highest BCUT2D eigenvalue weighted by Gasteiger charge is 2.16. The summed E-state index contributed by atoms with van der Waals surface area (Å²) >= 11 is 8.85. The zero-order valence-electron chi connectivity index (χ0n) is 13.3. The quantitative estimate of drug-likeness (QED) is 0.546. The van der Waals surface area contributed by atoms with E-state index >= 15 is 0 Å². The molecule has 2 rings (SSSR count). The first-order valence-corrected chi connectivity index (χ1v) is 10.3. The maximum atomic E-state index is 11.9. The Morgan fingerprint density at radius 1 is 1.17 bits per heavy atom. The number of hydrogen-bond donors (Lipinski definition) is 1. The van der Waals surface area contributed by atoms with Crippen LogP contribution in [-0.2, 0) is 14.3 Å². The highest BCUT2D eigenvalue weighted by molar-refractivity contribution is 8.00. The minimum Gasteiger partial charge on any atom is -0.378 e. The molecule has 0 aromatic heterocycles. The second-order valence-corrected chi connectivity index (χ2v) is 7.73. The molecule has 8 heteroatoms. The van der Waals surface area contributed by atoms with Crippen LogP contribution in [0.4, 0.5) is 0 Å². The van der Waals surface area contributed by atoms with Crippen LogP contribution in [0, 0.1) is 0 Å². The Morgan fingerprint density at radius 3 is 2.58 bits per heavy atom. The van der Waals surface area contributed by atoms with Crippen LogP contribution in [-0.4, -0.2) is 66.8 Å². The van der Waals surface area contributed by atoms with Crippen LogP contribution >= 0.6 is 35.1 Å². The molecule has 0 aliphatic carbocycles. The minimum absolute atomic E-state index is 0.0357. The zero-order valence-corrected chi connectivity index (χ0v) is 15.7. The van der Waals surface area contributed by atoms with Crippen molar-refractivity contribution in [3.05, 3.63) is 29.3 Å². The normalized spacial score (nSPS) is 14.5. The average molecular weight is 389 g/mol. The Hall–Kier alpha value is -0.890. The molecule has 0 bridgehead atoms. The zero-order chi connectivity index (χ0) is 17.2. The lowest BCUT2D eigenvalue weighted by atomic mass is 10.4.